The summed E-state index contributed by atoms with van der Waals surface area (Å²) in [7, 11) is 1.21. The molecule has 1 aromatic carbocycles. The normalized spacial score (nSPS) is 16.7. The zero-order valence-corrected chi connectivity index (χ0v) is 18.8. The van der Waals surface area contributed by atoms with Crippen LogP contribution in [0.15, 0.2) is 30.3 Å². The third-order valence-corrected chi connectivity index (χ3v) is 4.58. The summed E-state index contributed by atoms with van der Waals surface area (Å²) in [5, 5.41) is 2.48. The van der Waals surface area contributed by atoms with E-state index >= 15 is 0 Å². The highest BCUT2D eigenvalue weighted by Crippen LogP contribution is 2.20. The first kappa shape index (κ1) is 25.0. The van der Waals surface area contributed by atoms with E-state index in [-0.39, 0.29) is 26.2 Å². The minimum absolute atomic E-state index is 0.0707. The lowest BCUT2D eigenvalue weighted by atomic mass is 10.1. The molecule has 1 aliphatic heterocycles. The van der Waals surface area contributed by atoms with Crippen LogP contribution >= 0.6 is 0 Å². The summed E-state index contributed by atoms with van der Waals surface area (Å²) in [6, 6.07) is 7.37. The number of hydrogen-bond donors (Lipinski definition) is 1. The third kappa shape index (κ3) is 7.75. The van der Waals surface area contributed by atoms with Gasteiger partial charge in [-0.2, -0.15) is 0 Å². The van der Waals surface area contributed by atoms with Gasteiger partial charge in [0, 0.05) is 0 Å². The Labute approximate surface area is 187 Å². The highest BCUT2D eigenvalue weighted by atomic mass is 16.6. The fraction of sp³-hybridized carbons (Fsp3) is 0.545. The van der Waals surface area contributed by atoms with Crippen LogP contribution < -0.4 is 5.32 Å². The summed E-state index contributed by atoms with van der Waals surface area (Å²) in [6.07, 6.45) is -0.677. The number of nitrogens with one attached hydrogen (secondary N) is 1. The Balaban J connectivity index is 1.89. The van der Waals surface area contributed by atoms with E-state index in [1.807, 2.05) is 30.3 Å². The number of alkyl carbamates (subject to hydrolysis) is 1. The number of esters is 2. The van der Waals surface area contributed by atoms with Crippen molar-refractivity contribution in [1.29, 1.82) is 0 Å². The van der Waals surface area contributed by atoms with Gasteiger partial charge in [0.05, 0.1) is 7.11 Å². The molecule has 0 aliphatic carbocycles. The predicted octanol–water partition coefficient (Wildman–Crippen LogP) is 2.74. The topological polar surface area (TPSA) is 120 Å². The number of ether oxygens (including phenoxy) is 4. The van der Waals surface area contributed by atoms with Gasteiger partial charge in [0.15, 0.2) is 6.73 Å². The van der Waals surface area contributed by atoms with Crippen LogP contribution in [0.4, 0.5) is 9.59 Å². The van der Waals surface area contributed by atoms with Crippen LogP contribution in [0.3, 0.4) is 0 Å². The predicted molar refractivity (Wildman–Crippen MR) is 112 cm³/mol. The highest BCUT2D eigenvalue weighted by molar-refractivity contribution is 5.84. The standard InChI is InChI=1S/C22H30N2O8/c1-22(2,3)32-20(27)23-16(18(25)29-4)11-8-12-17-19(26)31-14-24(17)21(28)30-13-15-9-6-5-7-10-15/h5-7,9-10,16-17H,8,11-14H2,1-4H3,(H,23,27)/t16-,17+/m1/s1. The molecule has 1 fully saturated rings. The van der Waals surface area contributed by atoms with Crippen molar-refractivity contribution < 1.29 is 38.1 Å². The largest absolute Gasteiger partial charge is 0.467 e. The van der Waals surface area contributed by atoms with Crippen molar-refractivity contribution >= 4 is 24.1 Å². The van der Waals surface area contributed by atoms with E-state index in [2.05, 4.69) is 5.32 Å². The van der Waals surface area contributed by atoms with Gasteiger partial charge in [0.25, 0.3) is 0 Å². The second-order valence-corrected chi connectivity index (χ2v) is 8.27. The Morgan fingerprint density at radius 1 is 1.22 bits per heavy atom. The Kier molecular flexibility index (Phi) is 8.86. The fourth-order valence-electron chi connectivity index (χ4n) is 3.06. The van der Waals surface area contributed by atoms with Crippen LogP contribution in [0.2, 0.25) is 0 Å². The van der Waals surface area contributed by atoms with E-state index in [4.69, 9.17) is 18.9 Å². The molecule has 176 valence electrons. The van der Waals surface area contributed by atoms with Crippen LogP contribution in [-0.2, 0) is 35.1 Å². The van der Waals surface area contributed by atoms with Crippen molar-refractivity contribution in [3.05, 3.63) is 35.9 Å². The van der Waals surface area contributed by atoms with Crippen LogP contribution in [0.25, 0.3) is 0 Å². The first-order valence-corrected chi connectivity index (χ1v) is 10.3. The van der Waals surface area contributed by atoms with Gasteiger partial charge in [0.2, 0.25) is 0 Å². The van der Waals surface area contributed by atoms with Crippen molar-refractivity contribution in [2.45, 2.75) is 64.3 Å². The second-order valence-electron chi connectivity index (χ2n) is 8.27. The summed E-state index contributed by atoms with van der Waals surface area (Å²) in [4.78, 5) is 49.8. The number of carbonyl (C=O) groups is 4. The van der Waals surface area contributed by atoms with Gasteiger partial charge in [-0.05, 0) is 45.6 Å². The molecule has 10 heteroatoms. The van der Waals surface area contributed by atoms with Gasteiger partial charge in [-0.25, -0.2) is 19.2 Å². The van der Waals surface area contributed by atoms with E-state index < -0.39 is 41.8 Å². The highest BCUT2D eigenvalue weighted by Gasteiger charge is 2.38. The van der Waals surface area contributed by atoms with E-state index in [1.165, 1.54) is 12.0 Å². The molecule has 1 aliphatic rings. The zero-order chi connectivity index (χ0) is 23.7. The van der Waals surface area contributed by atoms with Crippen molar-refractivity contribution in [2.24, 2.45) is 0 Å². The smallest absolute Gasteiger partial charge is 0.413 e. The van der Waals surface area contributed by atoms with Crippen LogP contribution in [-0.4, -0.2) is 60.6 Å². The molecule has 0 spiro atoms. The molecule has 2 amide bonds. The average molecular weight is 450 g/mol. The van der Waals surface area contributed by atoms with E-state index in [0.29, 0.717) is 6.42 Å². The number of amides is 2. The maximum Gasteiger partial charge on any atom is 0.413 e. The van der Waals surface area contributed by atoms with Gasteiger partial charge < -0.3 is 24.3 Å². The first-order valence-electron chi connectivity index (χ1n) is 10.3. The molecule has 32 heavy (non-hydrogen) atoms. The molecular weight excluding hydrogens is 420 g/mol. The Morgan fingerprint density at radius 2 is 1.91 bits per heavy atom. The Bertz CT molecular complexity index is 806. The van der Waals surface area contributed by atoms with Crippen LogP contribution in [0.5, 0.6) is 0 Å². The first-order chi connectivity index (χ1) is 15.1. The van der Waals surface area contributed by atoms with Crippen molar-refractivity contribution in [1.82, 2.24) is 10.2 Å². The summed E-state index contributed by atoms with van der Waals surface area (Å²) in [6.45, 7) is 4.99. The van der Waals surface area contributed by atoms with Crippen molar-refractivity contribution in [3.8, 4) is 0 Å². The molecule has 0 saturated carbocycles. The lowest BCUT2D eigenvalue weighted by Gasteiger charge is -2.23. The summed E-state index contributed by atoms with van der Waals surface area (Å²) < 4.78 is 20.2. The number of cyclic esters (lactones) is 1. The minimum atomic E-state index is -0.953. The molecule has 0 radical (unpaired) electrons. The molecule has 1 saturated heterocycles. The zero-order valence-electron chi connectivity index (χ0n) is 18.8. The number of nitrogens with zero attached hydrogens (tertiary/aromatic N) is 1. The van der Waals surface area contributed by atoms with Gasteiger partial charge >= 0.3 is 24.1 Å². The number of methoxy groups -OCH3 is 1. The maximum atomic E-state index is 12.4. The molecule has 1 aromatic rings. The summed E-state index contributed by atoms with van der Waals surface area (Å²) in [5.41, 5.74) is 0.0943. The Morgan fingerprint density at radius 3 is 2.53 bits per heavy atom. The molecule has 0 bridgehead atoms. The molecule has 0 aromatic heterocycles. The van der Waals surface area contributed by atoms with Gasteiger partial charge in [-0.15, -0.1) is 0 Å². The van der Waals surface area contributed by atoms with E-state index in [0.717, 1.165) is 5.56 Å². The fourth-order valence-corrected chi connectivity index (χ4v) is 3.06. The average Bonchev–Trinajstić information content (AvgIpc) is 3.10. The molecule has 1 N–H and O–H groups in total. The lowest BCUT2D eigenvalue weighted by molar-refractivity contribution is -0.143. The summed E-state index contributed by atoms with van der Waals surface area (Å²) >= 11 is 0. The summed E-state index contributed by atoms with van der Waals surface area (Å²) in [5.74, 6) is -1.18. The number of carbonyl (C=O) groups excluding carboxylic acids is 4. The second kappa shape index (κ2) is 11.4. The maximum absolute atomic E-state index is 12.4. The quantitative estimate of drug-likeness (QED) is 0.474. The van der Waals surface area contributed by atoms with Gasteiger partial charge in [-0.1, -0.05) is 30.3 Å². The number of rotatable bonds is 8. The third-order valence-electron chi connectivity index (χ3n) is 4.58. The van der Waals surface area contributed by atoms with Gasteiger partial charge in [0.1, 0.15) is 24.3 Å². The number of hydrogen-bond acceptors (Lipinski definition) is 8. The molecule has 0 unspecified atom stereocenters. The minimum Gasteiger partial charge on any atom is -0.467 e. The van der Waals surface area contributed by atoms with Gasteiger partial charge in [-0.3, -0.25) is 4.90 Å². The molecular formula is C22H30N2O8. The SMILES string of the molecule is COC(=O)[C@@H](CCC[C@H]1C(=O)OCN1C(=O)OCc1ccccc1)NC(=O)OC(C)(C)C. The lowest BCUT2D eigenvalue weighted by Crippen LogP contribution is -2.44. The molecule has 10 nitrogen and oxygen atoms in total. The van der Waals surface area contributed by atoms with Crippen molar-refractivity contribution in [2.75, 3.05) is 13.8 Å². The molecule has 2 rings (SSSR count). The molecule has 1 heterocycles. The van der Waals surface area contributed by atoms with Crippen LogP contribution in [0, 0.1) is 0 Å². The Hall–Kier alpha value is -3.30. The van der Waals surface area contributed by atoms with E-state index in [1.54, 1.807) is 20.8 Å². The number of benzene rings is 1. The van der Waals surface area contributed by atoms with Crippen molar-refractivity contribution in [3.63, 3.8) is 0 Å². The monoisotopic (exact) mass is 450 g/mol. The van der Waals surface area contributed by atoms with Crippen LogP contribution in [0.1, 0.15) is 45.6 Å². The molecule has 2 atom stereocenters. The van der Waals surface area contributed by atoms with E-state index in [9.17, 15) is 19.2 Å².